The number of carbonyl (C=O) groups excluding carboxylic acids is 1. The van der Waals surface area contributed by atoms with Crippen LogP contribution < -0.4 is 0 Å². The predicted octanol–water partition coefficient (Wildman–Crippen LogP) is 3.13. The van der Waals surface area contributed by atoms with E-state index in [0.29, 0.717) is 12.2 Å². The Hall–Kier alpha value is -0.613. The standard InChI is InChI=1S/C12H24O3Si/c1-6-7-8-15-16(4,5)10-9-14-12(13)11(2)3/h2,6-10H2,1,3-5H3. The van der Waals surface area contributed by atoms with E-state index >= 15 is 0 Å². The van der Waals surface area contributed by atoms with Gasteiger partial charge in [0.05, 0.1) is 6.61 Å². The topological polar surface area (TPSA) is 35.5 Å². The molecule has 0 saturated carbocycles. The maximum Gasteiger partial charge on any atom is 0.333 e. The van der Waals surface area contributed by atoms with Crippen LogP contribution in [-0.4, -0.2) is 27.5 Å². The van der Waals surface area contributed by atoms with Crippen molar-refractivity contribution in [3.05, 3.63) is 12.2 Å². The van der Waals surface area contributed by atoms with E-state index in [2.05, 4.69) is 26.6 Å². The smallest absolute Gasteiger partial charge is 0.333 e. The highest BCUT2D eigenvalue weighted by Gasteiger charge is 2.22. The summed E-state index contributed by atoms with van der Waals surface area (Å²) in [5, 5.41) is 0. The van der Waals surface area contributed by atoms with Crippen molar-refractivity contribution in [2.24, 2.45) is 0 Å². The van der Waals surface area contributed by atoms with Crippen molar-refractivity contribution in [3.8, 4) is 0 Å². The Kier molecular flexibility index (Phi) is 7.33. The summed E-state index contributed by atoms with van der Waals surface area (Å²) in [5.74, 6) is -0.307. The summed E-state index contributed by atoms with van der Waals surface area (Å²) >= 11 is 0. The molecule has 0 aromatic heterocycles. The van der Waals surface area contributed by atoms with E-state index in [1.165, 1.54) is 0 Å². The maximum atomic E-state index is 11.1. The fraction of sp³-hybridized carbons (Fsp3) is 0.750. The van der Waals surface area contributed by atoms with Gasteiger partial charge in [0.15, 0.2) is 8.32 Å². The first kappa shape index (κ1) is 15.4. The van der Waals surface area contributed by atoms with E-state index in [-0.39, 0.29) is 5.97 Å². The molecule has 0 saturated heterocycles. The maximum absolute atomic E-state index is 11.1. The summed E-state index contributed by atoms with van der Waals surface area (Å²) in [7, 11) is -1.65. The van der Waals surface area contributed by atoms with Crippen LogP contribution >= 0.6 is 0 Å². The Morgan fingerprint density at radius 3 is 2.44 bits per heavy atom. The molecule has 0 N–H and O–H groups in total. The molecule has 3 nitrogen and oxygen atoms in total. The van der Waals surface area contributed by atoms with Gasteiger partial charge in [-0.25, -0.2) is 4.79 Å². The van der Waals surface area contributed by atoms with Gasteiger partial charge >= 0.3 is 5.97 Å². The van der Waals surface area contributed by atoms with Crippen LogP contribution in [0.3, 0.4) is 0 Å². The van der Waals surface area contributed by atoms with Crippen LogP contribution in [0.5, 0.6) is 0 Å². The molecule has 0 bridgehead atoms. The minimum Gasteiger partial charge on any atom is -0.463 e. The molecule has 0 heterocycles. The molecule has 0 unspecified atom stereocenters. The average molecular weight is 244 g/mol. The molecule has 0 aliphatic heterocycles. The Labute approximate surface area is 100.0 Å². The first-order valence-electron chi connectivity index (χ1n) is 5.85. The fourth-order valence-corrected chi connectivity index (χ4v) is 2.51. The summed E-state index contributed by atoms with van der Waals surface area (Å²) < 4.78 is 10.9. The van der Waals surface area contributed by atoms with Crippen LogP contribution in [-0.2, 0) is 14.0 Å². The van der Waals surface area contributed by atoms with E-state index in [9.17, 15) is 4.79 Å². The molecular weight excluding hydrogens is 220 g/mol. The summed E-state index contributed by atoms with van der Waals surface area (Å²) in [4.78, 5) is 11.1. The van der Waals surface area contributed by atoms with Gasteiger partial charge in [0.25, 0.3) is 0 Å². The van der Waals surface area contributed by atoms with Crippen molar-refractivity contribution in [3.63, 3.8) is 0 Å². The lowest BCUT2D eigenvalue weighted by Gasteiger charge is -2.22. The van der Waals surface area contributed by atoms with Crippen molar-refractivity contribution >= 4 is 14.3 Å². The molecule has 4 heteroatoms. The molecule has 94 valence electrons. The first-order valence-corrected chi connectivity index (χ1v) is 8.97. The summed E-state index contributed by atoms with van der Waals surface area (Å²) in [6.45, 7) is 12.9. The minimum atomic E-state index is -1.65. The Bertz CT molecular complexity index is 236. The number of ether oxygens (including phenoxy) is 1. The van der Waals surface area contributed by atoms with Crippen LogP contribution in [0.25, 0.3) is 0 Å². The third-order valence-corrected chi connectivity index (χ3v) is 4.67. The molecule has 0 aromatic carbocycles. The molecule has 0 aliphatic carbocycles. The van der Waals surface area contributed by atoms with Gasteiger partial charge in [0.2, 0.25) is 0 Å². The van der Waals surface area contributed by atoms with Gasteiger partial charge in [-0.05, 0) is 26.4 Å². The second kappa shape index (κ2) is 7.63. The largest absolute Gasteiger partial charge is 0.463 e. The minimum absolute atomic E-state index is 0.307. The van der Waals surface area contributed by atoms with Gasteiger partial charge in [-0.3, -0.25) is 0 Å². The highest BCUT2D eigenvalue weighted by molar-refractivity contribution is 6.71. The lowest BCUT2D eigenvalue weighted by Crippen LogP contribution is -2.32. The van der Waals surface area contributed by atoms with Crippen molar-refractivity contribution in [1.82, 2.24) is 0 Å². The predicted molar refractivity (Wildman–Crippen MR) is 68.9 cm³/mol. The SMILES string of the molecule is C=C(C)C(=O)OCC[Si](C)(C)OCCCC. The van der Waals surface area contributed by atoms with Gasteiger partial charge in [0, 0.05) is 18.2 Å². The number of esters is 1. The van der Waals surface area contributed by atoms with Crippen LogP contribution in [0.4, 0.5) is 0 Å². The van der Waals surface area contributed by atoms with E-state index < -0.39 is 8.32 Å². The zero-order valence-corrected chi connectivity index (χ0v) is 12.0. The Morgan fingerprint density at radius 1 is 1.31 bits per heavy atom. The normalized spacial score (nSPS) is 11.2. The summed E-state index contributed by atoms with van der Waals surface area (Å²) in [6.07, 6.45) is 2.25. The van der Waals surface area contributed by atoms with Gasteiger partial charge in [-0.1, -0.05) is 19.9 Å². The number of hydrogen-bond donors (Lipinski definition) is 0. The van der Waals surface area contributed by atoms with Crippen LogP contribution in [0.2, 0.25) is 19.1 Å². The van der Waals surface area contributed by atoms with Crippen molar-refractivity contribution in [2.45, 2.75) is 45.8 Å². The monoisotopic (exact) mass is 244 g/mol. The molecule has 0 aliphatic rings. The molecule has 0 spiro atoms. The quantitative estimate of drug-likeness (QED) is 0.285. The third kappa shape index (κ3) is 7.65. The van der Waals surface area contributed by atoms with Crippen molar-refractivity contribution in [1.29, 1.82) is 0 Å². The number of rotatable bonds is 8. The number of carbonyl (C=O) groups is 1. The molecule has 0 radical (unpaired) electrons. The van der Waals surface area contributed by atoms with Gasteiger partial charge in [-0.15, -0.1) is 0 Å². The van der Waals surface area contributed by atoms with Crippen LogP contribution in [0, 0.1) is 0 Å². The van der Waals surface area contributed by atoms with E-state index in [1.54, 1.807) is 6.92 Å². The molecular formula is C12H24O3Si. The number of hydrogen-bond acceptors (Lipinski definition) is 3. The van der Waals surface area contributed by atoms with E-state index in [1.807, 2.05) is 0 Å². The van der Waals surface area contributed by atoms with Gasteiger partial charge in [-0.2, -0.15) is 0 Å². The Balaban J connectivity index is 3.73. The van der Waals surface area contributed by atoms with Gasteiger partial charge in [0.1, 0.15) is 0 Å². The average Bonchev–Trinajstić information content (AvgIpc) is 2.17. The third-order valence-electron chi connectivity index (χ3n) is 2.28. The zero-order chi connectivity index (χ0) is 12.6. The second-order valence-electron chi connectivity index (χ2n) is 4.63. The molecule has 16 heavy (non-hydrogen) atoms. The highest BCUT2D eigenvalue weighted by Crippen LogP contribution is 2.12. The summed E-state index contributed by atoms with van der Waals surface area (Å²) in [5.41, 5.74) is 0.450. The Morgan fingerprint density at radius 2 is 1.94 bits per heavy atom. The lowest BCUT2D eigenvalue weighted by atomic mass is 10.4. The van der Waals surface area contributed by atoms with Crippen LogP contribution in [0.15, 0.2) is 12.2 Å². The lowest BCUT2D eigenvalue weighted by molar-refractivity contribution is -0.138. The molecule has 0 aromatic rings. The second-order valence-corrected chi connectivity index (χ2v) is 8.94. The molecule has 0 atom stereocenters. The fourth-order valence-electron chi connectivity index (χ4n) is 1.08. The van der Waals surface area contributed by atoms with E-state index in [4.69, 9.17) is 9.16 Å². The molecule has 0 fully saturated rings. The van der Waals surface area contributed by atoms with Crippen LogP contribution in [0.1, 0.15) is 26.7 Å². The number of unbranched alkanes of at least 4 members (excludes halogenated alkanes) is 1. The van der Waals surface area contributed by atoms with Crippen molar-refractivity contribution < 1.29 is 14.0 Å². The molecule has 0 amide bonds. The van der Waals surface area contributed by atoms with Crippen molar-refractivity contribution in [2.75, 3.05) is 13.2 Å². The van der Waals surface area contributed by atoms with Gasteiger partial charge < -0.3 is 9.16 Å². The summed E-state index contributed by atoms with van der Waals surface area (Å²) in [6, 6.07) is 0.843. The first-order chi connectivity index (χ1) is 7.39. The van der Waals surface area contributed by atoms with E-state index in [0.717, 1.165) is 25.5 Å². The molecule has 0 rings (SSSR count). The highest BCUT2D eigenvalue weighted by atomic mass is 28.4. The zero-order valence-electron chi connectivity index (χ0n) is 11.0.